The summed E-state index contributed by atoms with van der Waals surface area (Å²) in [6.07, 6.45) is 1.79. The number of para-hydroxylation sites is 1. The van der Waals surface area contributed by atoms with E-state index in [1.807, 2.05) is 18.7 Å². The van der Waals surface area contributed by atoms with E-state index in [4.69, 9.17) is 11.6 Å². The molecule has 1 aromatic heterocycles. The van der Waals surface area contributed by atoms with E-state index in [1.165, 1.54) is 5.69 Å². The molecule has 3 rings (SSSR count). The van der Waals surface area contributed by atoms with E-state index in [1.54, 1.807) is 6.33 Å². The lowest BCUT2D eigenvalue weighted by Crippen LogP contribution is -2.49. The molecule has 1 atom stereocenters. The van der Waals surface area contributed by atoms with Crippen molar-refractivity contribution in [3.63, 3.8) is 0 Å². The molecule has 124 valence electrons. The van der Waals surface area contributed by atoms with Gasteiger partial charge in [0, 0.05) is 45.5 Å². The lowest BCUT2D eigenvalue weighted by atomic mass is 10.1. The molecule has 1 fully saturated rings. The number of anilines is 1. The van der Waals surface area contributed by atoms with Gasteiger partial charge in [0.1, 0.15) is 5.15 Å². The van der Waals surface area contributed by atoms with E-state index in [0.29, 0.717) is 0 Å². The lowest BCUT2D eigenvalue weighted by Gasteiger charge is -2.39. The van der Waals surface area contributed by atoms with Gasteiger partial charge < -0.3 is 14.8 Å². The van der Waals surface area contributed by atoms with E-state index in [-0.39, 0.29) is 6.04 Å². The predicted octanol–water partition coefficient (Wildman–Crippen LogP) is 2.16. The highest BCUT2D eigenvalue weighted by Gasteiger charge is 2.28. The maximum absolute atomic E-state index is 6.42. The molecule has 6 heteroatoms. The molecule has 5 nitrogen and oxygen atoms in total. The number of aryl methyl sites for hydroxylation is 1. The van der Waals surface area contributed by atoms with Gasteiger partial charge in [-0.3, -0.25) is 4.90 Å². The quantitative estimate of drug-likeness (QED) is 0.909. The third-order valence-electron chi connectivity index (χ3n) is 4.48. The van der Waals surface area contributed by atoms with Gasteiger partial charge in [-0.2, -0.15) is 0 Å². The molecule has 2 heterocycles. The SMILES string of the molecule is CNCC(c1ncn(C)c1Cl)N1CCN(c2ccccc2)CC1. The summed E-state index contributed by atoms with van der Waals surface area (Å²) in [6, 6.07) is 10.8. The predicted molar refractivity (Wildman–Crippen MR) is 95.1 cm³/mol. The Bertz CT molecular complexity index is 619. The molecule has 1 aliphatic heterocycles. The fraction of sp³-hybridized carbons (Fsp3) is 0.471. The first-order chi connectivity index (χ1) is 11.2. The topological polar surface area (TPSA) is 36.3 Å². The van der Waals surface area contributed by atoms with Crippen LogP contribution in [0.2, 0.25) is 5.15 Å². The molecule has 1 aliphatic rings. The van der Waals surface area contributed by atoms with Gasteiger partial charge in [0.05, 0.1) is 18.1 Å². The summed E-state index contributed by atoms with van der Waals surface area (Å²) in [7, 11) is 3.91. The molecule has 0 saturated carbocycles. The van der Waals surface area contributed by atoms with Crippen LogP contribution in [0.5, 0.6) is 0 Å². The number of imidazole rings is 1. The van der Waals surface area contributed by atoms with Crippen molar-refractivity contribution in [2.75, 3.05) is 44.7 Å². The number of likely N-dealkylation sites (N-methyl/N-ethyl adjacent to an activating group) is 1. The Balaban J connectivity index is 1.70. The first kappa shape index (κ1) is 16.3. The maximum atomic E-state index is 6.42. The Morgan fingerprint density at radius 1 is 1.17 bits per heavy atom. The molecule has 2 aromatic rings. The van der Waals surface area contributed by atoms with E-state index < -0.39 is 0 Å². The smallest absolute Gasteiger partial charge is 0.133 e. The first-order valence-electron chi connectivity index (χ1n) is 8.06. The zero-order valence-corrected chi connectivity index (χ0v) is 14.5. The van der Waals surface area contributed by atoms with Crippen LogP contribution in [0, 0.1) is 0 Å². The van der Waals surface area contributed by atoms with E-state index >= 15 is 0 Å². The number of nitrogens with one attached hydrogen (secondary N) is 1. The van der Waals surface area contributed by atoms with Crippen LogP contribution in [-0.2, 0) is 7.05 Å². The Hall–Kier alpha value is -1.56. The molecule has 1 N–H and O–H groups in total. The number of halogens is 1. The molecule has 0 spiro atoms. The van der Waals surface area contributed by atoms with Gasteiger partial charge in [0.15, 0.2) is 0 Å². The molecule has 0 radical (unpaired) electrons. The highest BCUT2D eigenvalue weighted by atomic mass is 35.5. The maximum Gasteiger partial charge on any atom is 0.133 e. The van der Waals surface area contributed by atoms with Gasteiger partial charge in [0.2, 0.25) is 0 Å². The molecule has 0 amide bonds. The summed E-state index contributed by atoms with van der Waals surface area (Å²) in [5, 5.41) is 4.01. The van der Waals surface area contributed by atoms with Crippen molar-refractivity contribution in [3.05, 3.63) is 47.5 Å². The molecule has 1 saturated heterocycles. The van der Waals surface area contributed by atoms with Crippen molar-refractivity contribution in [2.24, 2.45) is 7.05 Å². The van der Waals surface area contributed by atoms with E-state index in [2.05, 4.69) is 50.4 Å². The zero-order chi connectivity index (χ0) is 16.2. The summed E-state index contributed by atoms with van der Waals surface area (Å²) in [6.45, 7) is 4.91. The minimum absolute atomic E-state index is 0.214. The number of hydrogen-bond donors (Lipinski definition) is 1. The third kappa shape index (κ3) is 3.52. The Kier molecular flexibility index (Phi) is 5.20. The number of piperazine rings is 1. The number of rotatable bonds is 5. The molecular weight excluding hydrogens is 310 g/mol. The average Bonchev–Trinajstić information content (AvgIpc) is 2.93. The number of aromatic nitrogens is 2. The van der Waals surface area contributed by atoms with Gasteiger partial charge in [-0.25, -0.2) is 4.98 Å². The Morgan fingerprint density at radius 2 is 1.87 bits per heavy atom. The van der Waals surface area contributed by atoms with Crippen molar-refractivity contribution in [2.45, 2.75) is 6.04 Å². The number of benzene rings is 1. The Labute approximate surface area is 142 Å². The standard InChI is InChI=1S/C17H24ClN5/c1-19-12-15(16-17(18)21(2)13-20-16)23-10-8-22(9-11-23)14-6-4-3-5-7-14/h3-7,13,15,19H,8-12H2,1-2H3. The molecular formula is C17H24ClN5. The summed E-state index contributed by atoms with van der Waals surface area (Å²) >= 11 is 6.42. The van der Waals surface area contributed by atoms with Crippen molar-refractivity contribution < 1.29 is 0 Å². The van der Waals surface area contributed by atoms with Gasteiger partial charge in [-0.15, -0.1) is 0 Å². The van der Waals surface area contributed by atoms with Gasteiger partial charge in [-0.05, 0) is 19.2 Å². The molecule has 0 bridgehead atoms. The minimum atomic E-state index is 0.214. The number of nitrogens with zero attached hydrogens (tertiary/aromatic N) is 4. The summed E-state index contributed by atoms with van der Waals surface area (Å²) in [5.41, 5.74) is 2.27. The molecule has 0 aliphatic carbocycles. The summed E-state index contributed by atoms with van der Waals surface area (Å²) < 4.78 is 1.87. The minimum Gasteiger partial charge on any atom is -0.369 e. The van der Waals surface area contributed by atoms with E-state index in [0.717, 1.165) is 43.6 Å². The second-order valence-electron chi connectivity index (χ2n) is 5.96. The molecule has 23 heavy (non-hydrogen) atoms. The van der Waals surface area contributed by atoms with Crippen molar-refractivity contribution >= 4 is 17.3 Å². The van der Waals surface area contributed by atoms with Crippen molar-refractivity contribution in [1.82, 2.24) is 19.8 Å². The van der Waals surface area contributed by atoms with Crippen molar-refractivity contribution in [3.8, 4) is 0 Å². The fourth-order valence-corrected chi connectivity index (χ4v) is 3.40. The summed E-state index contributed by atoms with van der Waals surface area (Å²) in [5.74, 6) is 0. The monoisotopic (exact) mass is 333 g/mol. The largest absolute Gasteiger partial charge is 0.369 e. The molecule has 1 unspecified atom stereocenters. The van der Waals surface area contributed by atoms with Crippen LogP contribution in [0.1, 0.15) is 11.7 Å². The third-order valence-corrected chi connectivity index (χ3v) is 4.94. The van der Waals surface area contributed by atoms with Crippen LogP contribution in [0.4, 0.5) is 5.69 Å². The van der Waals surface area contributed by atoms with Crippen LogP contribution < -0.4 is 10.2 Å². The highest BCUT2D eigenvalue weighted by Crippen LogP contribution is 2.27. The lowest BCUT2D eigenvalue weighted by molar-refractivity contribution is 0.181. The van der Waals surface area contributed by atoms with Gasteiger partial charge >= 0.3 is 0 Å². The average molecular weight is 334 g/mol. The Morgan fingerprint density at radius 3 is 2.43 bits per heavy atom. The summed E-state index contributed by atoms with van der Waals surface area (Å²) in [4.78, 5) is 9.44. The van der Waals surface area contributed by atoms with Gasteiger partial charge in [0.25, 0.3) is 0 Å². The van der Waals surface area contributed by atoms with Crippen LogP contribution in [0.3, 0.4) is 0 Å². The van der Waals surface area contributed by atoms with Crippen LogP contribution in [0.15, 0.2) is 36.7 Å². The second-order valence-corrected chi connectivity index (χ2v) is 6.32. The second kappa shape index (κ2) is 7.34. The van der Waals surface area contributed by atoms with Crippen molar-refractivity contribution in [1.29, 1.82) is 0 Å². The first-order valence-corrected chi connectivity index (χ1v) is 8.44. The van der Waals surface area contributed by atoms with Gasteiger partial charge in [-0.1, -0.05) is 29.8 Å². The van der Waals surface area contributed by atoms with Crippen LogP contribution >= 0.6 is 11.6 Å². The fourth-order valence-electron chi connectivity index (χ4n) is 3.18. The van der Waals surface area contributed by atoms with Crippen LogP contribution in [0.25, 0.3) is 0 Å². The number of hydrogen-bond acceptors (Lipinski definition) is 4. The van der Waals surface area contributed by atoms with Crippen LogP contribution in [-0.4, -0.2) is 54.2 Å². The molecule has 1 aromatic carbocycles. The van der Waals surface area contributed by atoms with E-state index in [9.17, 15) is 0 Å². The highest BCUT2D eigenvalue weighted by molar-refractivity contribution is 6.30. The zero-order valence-electron chi connectivity index (χ0n) is 13.7. The normalized spacial score (nSPS) is 17.4.